The van der Waals surface area contributed by atoms with E-state index < -0.39 is 29.1 Å². The molecule has 0 radical (unpaired) electrons. The summed E-state index contributed by atoms with van der Waals surface area (Å²) in [6, 6.07) is 4.35. The van der Waals surface area contributed by atoms with E-state index in [2.05, 4.69) is 4.98 Å². The van der Waals surface area contributed by atoms with Gasteiger partial charge in [-0.25, -0.2) is 9.18 Å². The standard InChI is InChI=1S/C14H9F4NO2/c1-7-2-3-11(15)9(4-7)12-10(13(20)21)5-8(6-19-12)14(16,17)18/h2-6H,1H3,(H,20,21). The number of aromatic carboxylic acids is 1. The molecule has 0 bridgehead atoms. The van der Waals surface area contributed by atoms with Gasteiger partial charge in [-0.15, -0.1) is 0 Å². The first-order valence-electron chi connectivity index (χ1n) is 5.77. The van der Waals surface area contributed by atoms with Gasteiger partial charge in [-0.2, -0.15) is 13.2 Å². The van der Waals surface area contributed by atoms with Crippen LogP contribution >= 0.6 is 0 Å². The minimum absolute atomic E-state index is 0.152. The van der Waals surface area contributed by atoms with Crippen molar-refractivity contribution in [3.8, 4) is 11.3 Å². The van der Waals surface area contributed by atoms with Crippen molar-refractivity contribution >= 4 is 5.97 Å². The summed E-state index contributed by atoms with van der Waals surface area (Å²) in [5.41, 5.74) is -1.76. The molecular formula is C14H9F4NO2. The Morgan fingerprint density at radius 1 is 1.24 bits per heavy atom. The van der Waals surface area contributed by atoms with Crippen molar-refractivity contribution in [1.29, 1.82) is 0 Å². The van der Waals surface area contributed by atoms with E-state index in [1.54, 1.807) is 6.92 Å². The van der Waals surface area contributed by atoms with E-state index in [9.17, 15) is 22.4 Å². The second-order valence-electron chi connectivity index (χ2n) is 4.41. The zero-order valence-electron chi connectivity index (χ0n) is 10.7. The maximum Gasteiger partial charge on any atom is 0.417 e. The van der Waals surface area contributed by atoms with E-state index in [-0.39, 0.29) is 11.3 Å². The van der Waals surface area contributed by atoms with Gasteiger partial charge in [0.05, 0.1) is 16.8 Å². The summed E-state index contributed by atoms with van der Waals surface area (Å²) >= 11 is 0. The summed E-state index contributed by atoms with van der Waals surface area (Å²) in [5.74, 6) is -2.36. The second-order valence-corrected chi connectivity index (χ2v) is 4.41. The molecular weight excluding hydrogens is 290 g/mol. The predicted molar refractivity (Wildman–Crippen MR) is 66.3 cm³/mol. The number of alkyl halides is 3. The molecule has 0 aliphatic rings. The summed E-state index contributed by atoms with van der Waals surface area (Å²) in [6.07, 6.45) is -4.23. The molecule has 1 aromatic heterocycles. The van der Waals surface area contributed by atoms with Crippen LogP contribution in [0, 0.1) is 12.7 Å². The van der Waals surface area contributed by atoms with Crippen molar-refractivity contribution in [2.24, 2.45) is 0 Å². The highest BCUT2D eigenvalue weighted by Gasteiger charge is 2.33. The molecule has 1 N–H and O–H groups in total. The van der Waals surface area contributed by atoms with Crippen LogP contribution in [0.4, 0.5) is 17.6 Å². The number of benzene rings is 1. The Labute approximate surface area is 116 Å². The van der Waals surface area contributed by atoms with Crippen molar-refractivity contribution in [3.05, 3.63) is 53.0 Å². The van der Waals surface area contributed by atoms with Crippen LogP contribution in [-0.4, -0.2) is 16.1 Å². The summed E-state index contributed by atoms with van der Waals surface area (Å²) in [5, 5.41) is 9.05. The summed E-state index contributed by atoms with van der Waals surface area (Å²) in [7, 11) is 0. The molecule has 0 saturated heterocycles. The average molecular weight is 299 g/mol. The molecule has 7 heteroatoms. The SMILES string of the molecule is Cc1ccc(F)c(-c2ncc(C(F)(F)F)cc2C(=O)O)c1. The molecule has 2 rings (SSSR count). The van der Waals surface area contributed by atoms with Crippen molar-refractivity contribution in [3.63, 3.8) is 0 Å². The van der Waals surface area contributed by atoms with Gasteiger partial charge in [0.2, 0.25) is 0 Å². The third-order valence-corrected chi connectivity index (χ3v) is 2.82. The first kappa shape index (κ1) is 15.0. The molecule has 0 amide bonds. The van der Waals surface area contributed by atoms with E-state index in [1.807, 2.05) is 0 Å². The van der Waals surface area contributed by atoms with Crippen LogP contribution in [0.5, 0.6) is 0 Å². The number of aryl methyl sites for hydroxylation is 1. The summed E-state index contributed by atoms with van der Waals surface area (Å²) in [4.78, 5) is 14.6. The lowest BCUT2D eigenvalue weighted by molar-refractivity contribution is -0.137. The van der Waals surface area contributed by atoms with Gasteiger partial charge in [0.1, 0.15) is 5.82 Å². The Morgan fingerprint density at radius 3 is 2.48 bits per heavy atom. The van der Waals surface area contributed by atoms with Crippen molar-refractivity contribution in [1.82, 2.24) is 4.98 Å². The van der Waals surface area contributed by atoms with Gasteiger partial charge in [-0.1, -0.05) is 11.6 Å². The highest BCUT2D eigenvalue weighted by Crippen LogP contribution is 2.32. The van der Waals surface area contributed by atoms with Crippen molar-refractivity contribution < 1.29 is 27.5 Å². The van der Waals surface area contributed by atoms with Crippen LogP contribution < -0.4 is 0 Å². The zero-order valence-corrected chi connectivity index (χ0v) is 10.7. The van der Waals surface area contributed by atoms with Gasteiger partial charge >= 0.3 is 12.1 Å². The molecule has 0 atom stereocenters. The topological polar surface area (TPSA) is 50.2 Å². The fraction of sp³-hybridized carbons (Fsp3) is 0.143. The predicted octanol–water partition coefficient (Wildman–Crippen LogP) is 3.91. The summed E-state index contributed by atoms with van der Waals surface area (Å²) < 4.78 is 51.6. The Morgan fingerprint density at radius 2 is 1.90 bits per heavy atom. The second kappa shape index (κ2) is 5.16. The minimum atomic E-state index is -4.72. The van der Waals surface area contributed by atoms with Crippen LogP contribution in [-0.2, 0) is 6.18 Å². The molecule has 1 heterocycles. The number of carboxylic acids is 1. The number of rotatable bonds is 2. The molecule has 2 aromatic rings. The van der Waals surface area contributed by atoms with Gasteiger partial charge in [-0.3, -0.25) is 4.98 Å². The summed E-state index contributed by atoms with van der Waals surface area (Å²) in [6.45, 7) is 1.65. The fourth-order valence-corrected chi connectivity index (χ4v) is 1.82. The van der Waals surface area contributed by atoms with Crippen LogP contribution in [0.1, 0.15) is 21.5 Å². The lowest BCUT2D eigenvalue weighted by Gasteiger charge is -2.11. The molecule has 21 heavy (non-hydrogen) atoms. The molecule has 3 nitrogen and oxygen atoms in total. The number of hydrogen-bond donors (Lipinski definition) is 1. The first-order chi connectivity index (χ1) is 9.70. The number of carboxylic acid groups (broad SMARTS) is 1. The number of hydrogen-bond acceptors (Lipinski definition) is 2. The third kappa shape index (κ3) is 3.01. The lowest BCUT2D eigenvalue weighted by Crippen LogP contribution is -2.10. The van der Waals surface area contributed by atoms with Crippen LogP contribution in [0.2, 0.25) is 0 Å². The zero-order chi connectivity index (χ0) is 15.8. The minimum Gasteiger partial charge on any atom is -0.478 e. The fourth-order valence-electron chi connectivity index (χ4n) is 1.82. The number of halogens is 4. The molecule has 0 aliphatic carbocycles. The maximum absolute atomic E-state index is 13.8. The Kier molecular flexibility index (Phi) is 3.67. The highest BCUT2D eigenvalue weighted by atomic mass is 19.4. The van der Waals surface area contributed by atoms with E-state index >= 15 is 0 Å². The molecule has 0 spiro atoms. The Balaban J connectivity index is 2.69. The molecule has 0 unspecified atom stereocenters. The van der Waals surface area contributed by atoms with E-state index in [1.165, 1.54) is 12.1 Å². The normalized spacial score (nSPS) is 11.5. The number of pyridine rings is 1. The van der Waals surface area contributed by atoms with Crippen molar-refractivity contribution in [2.45, 2.75) is 13.1 Å². The van der Waals surface area contributed by atoms with E-state index in [4.69, 9.17) is 5.11 Å². The van der Waals surface area contributed by atoms with Crippen molar-refractivity contribution in [2.75, 3.05) is 0 Å². The Hall–Kier alpha value is -2.44. The largest absolute Gasteiger partial charge is 0.478 e. The highest BCUT2D eigenvalue weighted by molar-refractivity contribution is 5.95. The first-order valence-corrected chi connectivity index (χ1v) is 5.77. The Bertz CT molecular complexity index is 711. The van der Waals surface area contributed by atoms with Gasteiger partial charge in [0, 0.05) is 11.8 Å². The van der Waals surface area contributed by atoms with Crippen LogP contribution in [0.25, 0.3) is 11.3 Å². The molecule has 0 aliphatic heterocycles. The quantitative estimate of drug-likeness (QED) is 0.855. The van der Waals surface area contributed by atoms with E-state index in [0.717, 1.165) is 6.07 Å². The van der Waals surface area contributed by atoms with Gasteiger partial charge < -0.3 is 5.11 Å². The maximum atomic E-state index is 13.8. The smallest absolute Gasteiger partial charge is 0.417 e. The molecule has 1 aromatic carbocycles. The monoisotopic (exact) mass is 299 g/mol. The number of carbonyl (C=O) groups is 1. The third-order valence-electron chi connectivity index (χ3n) is 2.82. The van der Waals surface area contributed by atoms with Gasteiger partial charge in [-0.05, 0) is 25.1 Å². The lowest BCUT2D eigenvalue weighted by atomic mass is 10.0. The average Bonchev–Trinajstić information content (AvgIpc) is 2.40. The number of nitrogens with zero attached hydrogens (tertiary/aromatic N) is 1. The molecule has 110 valence electrons. The van der Waals surface area contributed by atoms with E-state index in [0.29, 0.717) is 17.8 Å². The number of aromatic nitrogens is 1. The molecule has 0 saturated carbocycles. The molecule has 0 fully saturated rings. The van der Waals surface area contributed by atoms with Crippen LogP contribution in [0.15, 0.2) is 30.5 Å². The van der Waals surface area contributed by atoms with Crippen LogP contribution in [0.3, 0.4) is 0 Å². The van der Waals surface area contributed by atoms with Gasteiger partial charge in [0.25, 0.3) is 0 Å². The van der Waals surface area contributed by atoms with Gasteiger partial charge in [0.15, 0.2) is 0 Å².